The summed E-state index contributed by atoms with van der Waals surface area (Å²) in [4.78, 5) is 11.9. The quantitative estimate of drug-likeness (QED) is 0.591. The highest BCUT2D eigenvalue weighted by atomic mass is 79.9. The highest BCUT2D eigenvalue weighted by Crippen LogP contribution is 2.24. The molecule has 0 spiro atoms. The molecule has 0 atom stereocenters. The third kappa shape index (κ3) is 4.24. The maximum absolute atomic E-state index is 11.9. The van der Waals surface area contributed by atoms with Gasteiger partial charge in [0.15, 0.2) is 0 Å². The predicted molar refractivity (Wildman–Crippen MR) is 101 cm³/mol. The Morgan fingerprint density at radius 1 is 1.00 bits per heavy atom. The summed E-state index contributed by atoms with van der Waals surface area (Å²) in [5, 5.41) is 2.81. The second kappa shape index (κ2) is 7.32. The molecule has 0 aliphatic rings. The van der Waals surface area contributed by atoms with Gasteiger partial charge in [-0.05, 0) is 49.4 Å². The van der Waals surface area contributed by atoms with Gasteiger partial charge < -0.3 is 9.73 Å². The van der Waals surface area contributed by atoms with E-state index in [4.69, 9.17) is 4.42 Å². The summed E-state index contributed by atoms with van der Waals surface area (Å²) in [7, 11) is 0. The maximum atomic E-state index is 11.9. The van der Waals surface area contributed by atoms with Crippen molar-refractivity contribution >= 4 is 33.6 Å². The molecule has 1 amide bonds. The lowest BCUT2D eigenvalue weighted by Crippen LogP contribution is -2.07. The van der Waals surface area contributed by atoms with Crippen LogP contribution >= 0.6 is 15.9 Å². The number of hydrogen-bond donors (Lipinski definition) is 1. The van der Waals surface area contributed by atoms with Crippen LogP contribution in [0.3, 0.4) is 0 Å². The van der Waals surface area contributed by atoms with Gasteiger partial charge in [-0.25, -0.2) is 0 Å². The van der Waals surface area contributed by atoms with Crippen molar-refractivity contribution < 1.29 is 9.21 Å². The molecule has 0 unspecified atom stereocenters. The van der Waals surface area contributed by atoms with Crippen molar-refractivity contribution in [2.75, 3.05) is 5.32 Å². The lowest BCUT2D eigenvalue weighted by atomic mass is 10.2. The third-order valence-corrected chi connectivity index (χ3v) is 4.00. The van der Waals surface area contributed by atoms with Crippen LogP contribution in [0.2, 0.25) is 0 Å². The zero-order chi connectivity index (χ0) is 16.9. The fourth-order valence-electron chi connectivity index (χ4n) is 2.19. The molecule has 3 nitrogen and oxygen atoms in total. The minimum atomic E-state index is -0.194. The molecule has 24 heavy (non-hydrogen) atoms. The van der Waals surface area contributed by atoms with E-state index in [0.29, 0.717) is 5.76 Å². The Balaban J connectivity index is 1.65. The van der Waals surface area contributed by atoms with Crippen LogP contribution in [0, 0.1) is 6.92 Å². The van der Waals surface area contributed by atoms with E-state index in [1.807, 2.05) is 67.6 Å². The third-order valence-electron chi connectivity index (χ3n) is 3.47. The summed E-state index contributed by atoms with van der Waals surface area (Å²) >= 11 is 3.41. The van der Waals surface area contributed by atoms with Crippen molar-refractivity contribution in [2.45, 2.75) is 6.92 Å². The van der Waals surface area contributed by atoms with Gasteiger partial charge in [0.25, 0.3) is 0 Å². The van der Waals surface area contributed by atoms with E-state index in [1.165, 1.54) is 6.08 Å². The number of rotatable bonds is 4. The Morgan fingerprint density at radius 3 is 2.42 bits per heavy atom. The van der Waals surface area contributed by atoms with E-state index in [9.17, 15) is 4.79 Å². The number of benzene rings is 2. The summed E-state index contributed by atoms with van der Waals surface area (Å²) in [5.41, 5.74) is 2.91. The number of anilines is 1. The van der Waals surface area contributed by atoms with Crippen LogP contribution in [-0.2, 0) is 4.79 Å². The lowest BCUT2D eigenvalue weighted by molar-refractivity contribution is -0.111. The molecular weight excluding hydrogens is 366 g/mol. The maximum Gasteiger partial charge on any atom is 0.248 e. The molecule has 4 heteroatoms. The normalized spacial score (nSPS) is 10.9. The zero-order valence-corrected chi connectivity index (χ0v) is 14.7. The molecule has 0 aliphatic carbocycles. The lowest BCUT2D eigenvalue weighted by Gasteiger charge is -2.01. The van der Waals surface area contributed by atoms with E-state index in [0.717, 1.165) is 27.0 Å². The van der Waals surface area contributed by atoms with Crippen molar-refractivity contribution in [3.05, 3.63) is 82.5 Å². The van der Waals surface area contributed by atoms with E-state index in [1.54, 1.807) is 6.08 Å². The minimum Gasteiger partial charge on any atom is -0.457 e. The first-order valence-electron chi connectivity index (χ1n) is 7.52. The average molecular weight is 382 g/mol. The van der Waals surface area contributed by atoms with Crippen LogP contribution in [0.4, 0.5) is 5.69 Å². The Labute approximate surface area is 149 Å². The second-order valence-electron chi connectivity index (χ2n) is 5.40. The zero-order valence-electron chi connectivity index (χ0n) is 13.1. The van der Waals surface area contributed by atoms with Crippen LogP contribution in [0.1, 0.15) is 11.3 Å². The van der Waals surface area contributed by atoms with E-state index in [2.05, 4.69) is 21.2 Å². The highest BCUT2D eigenvalue weighted by molar-refractivity contribution is 9.10. The second-order valence-corrected chi connectivity index (χ2v) is 6.31. The number of aryl methyl sites for hydroxylation is 1. The van der Waals surface area contributed by atoms with Crippen LogP contribution < -0.4 is 5.32 Å². The van der Waals surface area contributed by atoms with Gasteiger partial charge in [0.2, 0.25) is 5.91 Å². The molecule has 0 bridgehead atoms. The fourth-order valence-corrected chi connectivity index (χ4v) is 2.45. The van der Waals surface area contributed by atoms with Crippen molar-refractivity contribution in [2.24, 2.45) is 0 Å². The smallest absolute Gasteiger partial charge is 0.248 e. The topological polar surface area (TPSA) is 42.2 Å². The predicted octanol–water partition coefficient (Wildman–Crippen LogP) is 5.67. The molecule has 0 saturated carbocycles. The highest BCUT2D eigenvalue weighted by Gasteiger charge is 2.04. The SMILES string of the molecule is Cc1ccc(NC(=O)/C=C\c2ccc(-c3ccc(Br)cc3)o2)cc1. The molecule has 1 heterocycles. The summed E-state index contributed by atoms with van der Waals surface area (Å²) in [6.07, 6.45) is 3.12. The van der Waals surface area contributed by atoms with Gasteiger partial charge in [0, 0.05) is 21.8 Å². The monoisotopic (exact) mass is 381 g/mol. The first kappa shape index (κ1) is 16.3. The van der Waals surface area contributed by atoms with Crippen LogP contribution in [-0.4, -0.2) is 5.91 Å². The minimum absolute atomic E-state index is 0.194. The van der Waals surface area contributed by atoms with E-state index >= 15 is 0 Å². The molecule has 0 aliphatic heterocycles. The number of hydrogen-bond acceptors (Lipinski definition) is 2. The largest absolute Gasteiger partial charge is 0.457 e. The van der Waals surface area contributed by atoms with E-state index in [-0.39, 0.29) is 5.91 Å². The molecule has 3 aromatic rings. The summed E-state index contributed by atoms with van der Waals surface area (Å²) in [6, 6.07) is 19.3. The average Bonchev–Trinajstić information content (AvgIpc) is 3.05. The number of furan rings is 1. The van der Waals surface area contributed by atoms with Crippen molar-refractivity contribution in [3.63, 3.8) is 0 Å². The van der Waals surface area contributed by atoms with Crippen molar-refractivity contribution in [1.29, 1.82) is 0 Å². The Morgan fingerprint density at radius 2 is 1.71 bits per heavy atom. The summed E-state index contributed by atoms with van der Waals surface area (Å²) in [5.74, 6) is 1.20. The van der Waals surface area contributed by atoms with Gasteiger partial charge in [0.1, 0.15) is 11.5 Å². The Bertz CT molecular complexity index is 861. The standard InChI is InChI=1S/C20H16BrNO2/c1-14-2-8-17(9-3-14)22-20(23)13-11-18-10-12-19(24-18)15-4-6-16(21)7-5-15/h2-13H,1H3,(H,22,23)/b13-11-. The first-order chi connectivity index (χ1) is 11.6. The molecule has 0 radical (unpaired) electrons. The van der Waals surface area contributed by atoms with Crippen LogP contribution in [0.25, 0.3) is 17.4 Å². The van der Waals surface area contributed by atoms with Gasteiger partial charge in [-0.15, -0.1) is 0 Å². The fraction of sp³-hybridized carbons (Fsp3) is 0.0500. The number of amides is 1. The molecule has 3 rings (SSSR count). The van der Waals surface area contributed by atoms with Crippen molar-refractivity contribution in [1.82, 2.24) is 0 Å². The van der Waals surface area contributed by atoms with Gasteiger partial charge in [0.05, 0.1) is 0 Å². The van der Waals surface area contributed by atoms with Crippen molar-refractivity contribution in [3.8, 4) is 11.3 Å². The summed E-state index contributed by atoms with van der Waals surface area (Å²) in [6.45, 7) is 2.01. The summed E-state index contributed by atoms with van der Waals surface area (Å²) < 4.78 is 6.76. The first-order valence-corrected chi connectivity index (χ1v) is 8.31. The van der Waals surface area contributed by atoms with E-state index < -0.39 is 0 Å². The number of nitrogens with one attached hydrogen (secondary N) is 1. The molecule has 2 aromatic carbocycles. The molecule has 120 valence electrons. The van der Waals surface area contributed by atoms with Gasteiger partial charge in [-0.1, -0.05) is 45.8 Å². The van der Waals surface area contributed by atoms with Crippen LogP contribution in [0.5, 0.6) is 0 Å². The van der Waals surface area contributed by atoms with Crippen LogP contribution in [0.15, 0.2) is 75.6 Å². The van der Waals surface area contributed by atoms with Gasteiger partial charge >= 0.3 is 0 Å². The number of carbonyl (C=O) groups excluding carboxylic acids is 1. The Kier molecular flexibility index (Phi) is 4.96. The molecule has 1 N–H and O–H groups in total. The van der Waals surface area contributed by atoms with Gasteiger partial charge in [-0.2, -0.15) is 0 Å². The number of carbonyl (C=O) groups is 1. The molecule has 1 aromatic heterocycles. The molecule has 0 saturated heterocycles. The number of halogens is 1. The molecular formula is C20H16BrNO2. The van der Waals surface area contributed by atoms with Gasteiger partial charge in [-0.3, -0.25) is 4.79 Å². The molecule has 0 fully saturated rings. The Hall–Kier alpha value is -2.59.